The first-order valence-corrected chi connectivity index (χ1v) is 16.7. The van der Waals surface area contributed by atoms with Crippen LogP contribution in [0.2, 0.25) is 0 Å². The van der Waals surface area contributed by atoms with E-state index in [9.17, 15) is 37.1 Å². The van der Waals surface area contributed by atoms with Crippen molar-refractivity contribution in [1.29, 1.82) is 0 Å². The number of benzene rings is 2. The van der Waals surface area contributed by atoms with Gasteiger partial charge in [-0.2, -0.15) is 13.2 Å². The predicted molar refractivity (Wildman–Crippen MR) is 180 cm³/mol. The quantitative estimate of drug-likeness (QED) is 0.168. The van der Waals surface area contributed by atoms with Crippen LogP contribution in [0.15, 0.2) is 41.3 Å². The summed E-state index contributed by atoms with van der Waals surface area (Å²) in [7, 11) is 0. The van der Waals surface area contributed by atoms with Gasteiger partial charge in [0, 0.05) is 37.0 Å². The summed E-state index contributed by atoms with van der Waals surface area (Å²) >= 11 is 0. The van der Waals surface area contributed by atoms with Crippen molar-refractivity contribution in [3.05, 3.63) is 91.9 Å². The molecule has 1 amide bonds. The number of carbonyl (C=O) groups excluding carboxylic acids is 1. The summed E-state index contributed by atoms with van der Waals surface area (Å²) < 4.78 is 79.2. The summed E-state index contributed by atoms with van der Waals surface area (Å²) in [5.74, 6) is -1.72. The lowest BCUT2D eigenvalue weighted by Crippen LogP contribution is -2.41. The number of aryl methyl sites for hydroxylation is 2. The number of carboxylic acid groups (broad SMARTS) is 1. The van der Waals surface area contributed by atoms with Crippen molar-refractivity contribution in [2.75, 3.05) is 19.7 Å². The Bertz CT molecular complexity index is 1910. The SMILES string of the molecule is C#Cc1cc(-c2c(C)cc(F)cc2C)cc([C@@H](CC(=O)O)NC(=O)[C@@H](CC(C)C)n2cc(CCN3C[C@H]4C[C@@H]3CO4)c(C(F)(F)F)cc2=O)c1F. The Labute approximate surface area is 292 Å². The number of likely N-dealkylation sites (tertiary alicyclic amines) is 1. The largest absolute Gasteiger partial charge is 0.481 e. The number of carboxylic acids is 1. The molecule has 0 radical (unpaired) electrons. The summed E-state index contributed by atoms with van der Waals surface area (Å²) in [6, 6.07) is 3.00. The zero-order chi connectivity index (χ0) is 37.4. The fourth-order valence-electron chi connectivity index (χ4n) is 7.31. The fourth-order valence-corrected chi connectivity index (χ4v) is 7.31. The molecule has 3 aromatic rings. The third-order valence-corrected chi connectivity index (χ3v) is 9.60. The molecule has 0 saturated carbocycles. The summed E-state index contributed by atoms with van der Waals surface area (Å²) in [6.07, 6.45) is 1.85. The minimum absolute atomic E-state index is 0.00432. The van der Waals surface area contributed by atoms with Gasteiger partial charge >= 0.3 is 12.1 Å². The van der Waals surface area contributed by atoms with Gasteiger partial charge in [0.1, 0.15) is 17.7 Å². The van der Waals surface area contributed by atoms with Crippen molar-refractivity contribution in [3.63, 3.8) is 0 Å². The van der Waals surface area contributed by atoms with Crippen LogP contribution in [0.25, 0.3) is 11.1 Å². The first kappa shape index (κ1) is 37.7. The Morgan fingerprint density at radius 3 is 2.35 bits per heavy atom. The number of fused-ring (bicyclic) bond motifs is 2. The number of carbonyl (C=O) groups is 2. The van der Waals surface area contributed by atoms with Gasteiger partial charge in [-0.05, 0) is 91.1 Å². The molecule has 2 fully saturated rings. The van der Waals surface area contributed by atoms with Crippen molar-refractivity contribution in [1.82, 2.24) is 14.8 Å². The molecule has 0 unspecified atom stereocenters. The van der Waals surface area contributed by atoms with Gasteiger partial charge in [0.25, 0.3) is 5.56 Å². The lowest BCUT2D eigenvalue weighted by Gasteiger charge is -2.28. The van der Waals surface area contributed by atoms with E-state index in [4.69, 9.17) is 11.2 Å². The molecule has 4 atom stereocenters. The van der Waals surface area contributed by atoms with Crippen molar-refractivity contribution in [3.8, 4) is 23.5 Å². The Morgan fingerprint density at radius 2 is 1.80 bits per heavy atom. The van der Waals surface area contributed by atoms with Gasteiger partial charge in [-0.3, -0.25) is 19.3 Å². The van der Waals surface area contributed by atoms with Crippen LogP contribution in [-0.4, -0.2) is 58.3 Å². The Kier molecular flexibility index (Phi) is 11.1. The van der Waals surface area contributed by atoms with Crippen LogP contribution in [0.5, 0.6) is 0 Å². The molecule has 13 heteroatoms. The second-order valence-corrected chi connectivity index (χ2v) is 13.8. The number of pyridine rings is 1. The zero-order valence-corrected chi connectivity index (χ0v) is 28.7. The topological polar surface area (TPSA) is 101 Å². The van der Waals surface area contributed by atoms with E-state index in [0.29, 0.717) is 41.5 Å². The summed E-state index contributed by atoms with van der Waals surface area (Å²) in [5.41, 5.74) is -0.910. The molecule has 272 valence electrons. The molecular weight excluding hydrogens is 673 g/mol. The van der Waals surface area contributed by atoms with E-state index in [1.807, 2.05) is 0 Å². The third kappa shape index (κ3) is 8.34. The average molecular weight is 714 g/mol. The molecule has 8 nitrogen and oxygen atoms in total. The Balaban J connectivity index is 1.54. The predicted octanol–water partition coefficient (Wildman–Crippen LogP) is 6.35. The van der Waals surface area contributed by atoms with E-state index < -0.39 is 59.3 Å². The normalized spacial score (nSPS) is 18.5. The number of alkyl halides is 3. The molecule has 0 aliphatic carbocycles. The van der Waals surface area contributed by atoms with Crippen molar-refractivity contribution >= 4 is 11.9 Å². The van der Waals surface area contributed by atoms with E-state index in [1.165, 1.54) is 24.3 Å². The van der Waals surface area contributed by atoms with Crippen molar-refractivity contribution in [2.45, 2.75) is 83.8 Å². The van der Waals surface area contributed by atoms with E-state index >= 15 is 4.39 Å². The molecule has 2 aliphatic heterocycles. The van der Waals surface area contributed by atoms with Crippen molar-refractivity contribution < 1.29 is 41.4 Å². The molecule has 2 aliphatic rings. The molecule has 2 N–H and O–H groups in total. The van der Waals surface area contributed by atoms with E-state index in [0.717, 1.165) is 17.2 Å². The van der Waals surface area contributed by atoms with Crippen LogP contribution < -0.4 is 10.9 Å². The molecule has 3 heterocycles. The second kappa shape index (κ2) is 15.0. The standard InChI is InChI=1S/C38H40F5N3O5/c1-6-23-12-25(35-21(4)10-26(39)11-22(35)5)13-29(36(23)40)31(16-34(48)49)44-37(50)32(9-20(2)3)46-17-24(30(15-33(46)47)38(41,42)43)7-8-45-18-28-14-27(45)19-51-28/h1,10-13,15,17,20,27-28,31-32H,7-9,14,16,18-19H2,2-5H3,(H,44,50)(H,48,49)/t27-,28-,31-,32-/m1/s1. The number of ether oxygens (including phenoxy) is 1. The molecule has 1 aromatic heterocycles. The van der Waals surface area contributed by atoms with Gasteiger partial charge in [-0.1, -0.05) is 19.8 Å². The molecule has 2 aromatic carbocycles. The number of aliphatic carboxylic acids is 1. The Morgan fingerprint density at radius 1 is 1.12 bits per heavy atom. The zero-order valence-electron chi connectivity index (χ0n) is 28.7. The molecule has 5 rings (SSSR count). The van der Waals surface area contributed by atoms with E-state index in [1.54, 1.807) is 27.7 Å². The maximum Gasteiger partial charge on any atom is 0.416 e. The monoisotopic (exact) mass is 713 g/mol. The lowest BCUT2D eigenvalue weighted by atomic mass is 9.90. The first-order valence-electron chi connectivity index (χ1n) is 16.7. The lowest BCUT2D eigenvalue weighted by molar-refractivity contribution is -0.139. The molecule has 2 saturated heterocycles. The van der Waals surface area contributed by atoms with Crippen LogP contribution in [-0.2, 0) is 26.9 Å². The highest BCUT2D eigenvalue weighted by Crippen LogP contribution is 2.36. The second-order valence-electron chi connectivity index (χ2n) is 13.8. The molecule has 0 spiro atoms. The summed E-state index contributed by atoms with van der Waals surface area (Å²) in [6.45, 7) is 8.19. The first-order chi connectivity index (χ1) is 24.0. The van der Waals surface area contributed by atoms with E-state index in [2.05, 4.69) is 16.1 Å². The minimum Gasteiger partial charge on any atom is -0.481 e. The number of rotatable bonds is 12. The fraction of sp³-hybridized carbons (Fsp3) is 0.447. The highest BCUT2D eigenvalue weighted by Gasteiger charge is 2.40. The smallest absolute Gasteiger partial charge is 0.416 e. The number of amides is 1. The van der Waals surface area contributed by atoms with Crippen LogP contribution in [0.4, 0.5) is 22.0 Å². The van der Waals surface area contributed by atoms with Gasteiger partial charge in [0.15, 0.2) is 0 Å². The van der Waals surface area contributed by atoms with Gasteiger partial charge in [-0.15, -0.1) is 6.42 Å². The molecule has 51 heavy (non-hydrogen) atoms. The van der Waals surface area contributed by atoms with Crippen LogP contribution >= 0.6 is 0 Å². The maximum atomic E-state index is 15.9. The van der Waals surface area contributed by atoms with Crippen LogP contribution in [0.3, 0.4) is 0 Å². The highest BCUT2D eigenvalue weighted by molar-refractivity contribution is 5.82. The van der Waals surface area contributed by atoms with Crippen LogP contribution in [0, 0.1) is 43.7 Å². The summed E-state index contributed by atoms with van der Waals surface area (Å²) in [4.78, 5) is 41.6. The van der Waals surface area contributed by atoms with Crippen molar-refractivity contribution in [2.24, 2.45) is 5.92 Å². The minimum atomic E-state index is -4.83. The third-order valence-electron chi connectivity index (χ3n) is 9.60. The number of terminal acetylenes is 1. The van der Waals surface area contributed by atoms with Gasteiger partial charge in [0.05, 0.1) is 36.3 Å². The number of aromatic nitrogens is 1. The number of nitrogens with one attached hydrogen (secondary N) is 1. The summed E-state index contributed by atoms with van der Waals surface area (Å²) in [5, 5.41) is 12.4. The van der Waals surface area contributed by atoms with Gasteiger partial charge in [0.2, 0.25) is 5.91 Å². The number of hydrogen-bond acceptors (Lipinski definition) is 5. The van der Waals surface area contributed by atoms with E-state index in [-0.39, 0.29) is 54.1 Å². The van der Waals surface area contributed by atoms with Gasteiger partial charge < -0.3 is 19.7 Å². The highest BCUT2D eigenvalue weighted by atomic mass is 19.4. The average Bonchev–Trinajstić information content (AvgIpc) is 3.66. The molecular formula is C38H40F5N3O5. The maximum absolute atomic E-state index is 15.9. The van der Waals surface area contributed by atoms with Crippen LogP contribution in [0.1, 0.15) is 78.6 Å². The number of halogens is 5. The number of nitrogens with zero attached hydrogens (tertiary/aromatic N) is 2. The number of hydrogen-bond donors (Lipinski definition) is 2. The van der Waals surface area contributed by atoms with Gasteiger partial charge in [-0.25, -0.2) is 8.78 Å². The molecule has 2 bridgehead atoms. The number of morpholine rings is 1. The Hall–Kier alpha value is -4.54.